The zero-order chi connectivity index (χ0) is 15.1. The topological polar surface area (TPSA) is 46.3 Å². The molecule has 0 bridgehead atoms. The maximum atomic E-state index is 12.7. The lowest BCUT2D eigenvalue weighted by molar-refractivity contribution is 0.0989. The molecule has 2 aromatic carbocycles. The Labute approximate surface area is 129 Å². The number of nitrogens with zero attached hydrogens (tertiary/aromatic N) is 1. The van der Waals surface area contributed by atoms with Gasteiger partial charge in [-0.15, -0.1) is 0 Å². The number of halogens is 1. The number of carbonyl (C=O) groups excluding carboxylic acids is 1. The van der Waals surface area contributed by atoms with Crippen LogP contribution in [-0.4, -0.2) is 12.5 Å². The molecule has 0 saturated heterocycles. The Morgan fingerprint density at radius 3 is 2.71 bits per heavy atom. The van der Waals surface area contributed by atoms with Gasteiger partial charge in [-0.25, -0.2) is 0 Å². The Kier molecular flexibility index (Phi) is 3.38. The maximum absolute atomic E-state index is 12.7. The second kappa shape index (κ2) is 5.08. The van der Waals surface area contributed by atoms with E-state index in [1.165, 1.54) is 5.56 Å². The second-order valence-corrected chi connectivity index (χ2v) is 5.93. The molecule has 1 heterocycles. The Morgan fingerprint density at radius 2 is 2.00 bits per heavy atom. The van der Waals surface area contributed by atoms with Gasteiger partial charge in [-0.3, -0.25) is 4.79 Å². The fourth-order valence-electron chi connectivity index (χ4n) is 2.73. The lowest BCUT2D eigenvalue weighted by Gasteiger charge is -2.19. The van der Waals surface area contributed by atoms with Gasteiger partial charge in [0.05, 0.1) is 10.6 Å². The molecule has 21 heavy (non-hydrogen) atoms. The fraction of sp³-hybridized carbons (Fsp3) is 0.235. The van der Waals surface area contributed by atoms with Gasteiger partial charge in [-0.2, -0.15) is 0 Å². The molecule has 1 amide bonds. The van der Waals surface area contributed by atoms with Crippen LogP contribution in [0.3, 0.4) is 0 Å². The minimum atomic E-state index is -0.0676. The zero-order valence-electron chi connectivity index (χ0n) is 12.1. The van der Waals surface area contributed by atoms with Crippen molar-refractivity contribution in [2.24, 2.45) is 0 Å². The highest BCUT2D eigenvalue weighted by Gasteiger charge is 2.27. The molecule has 0 fully saturated rings. The number of rotatable bonds is 1. The van der Waals surface area contributed by atoms with Gasteiger partial charge in [-0.05, 0) is 55.2 Å². The van der Waals surface area contributed by atoms with Crippen molar-refractivity contribution in [1.82, 2.24) is 0 Å². The van der Waals surface area contributed by atoms with Gasteiger partial charge in [-0.1, -0.05) is 23.7 Å². The van der Waals surface area contributed by atoms with Crippen molar-refractivity contribution >= 4 is 28.9 Å². The van der Waals surface area contributed by atoms with Gasteiger partial charge in [0.2, 0.25) is 0 Å². The van der Waals surface area contributed by atoms with Gasteiger partial charge in [0.25, 0.3) is 5.91 Å². The number of nitrogen functional groups attached to an aromatic ring is 1. The molecule has 0 unspecified atom stereocenters. The van der Waals surface area contributed by atoms with E-state index in [9.17, 15) is 4.79 Å². The summed E-state index contributed by atoms with van der Waals surface area (Å²) in [5.74, 6) is -0.0676. The minimum Gasteiger partial charge on any atom is -0.398 e. The van der Waals surface area contributed by atoms with Crippen molar-refractivity contribution in [2.75, 3.05) is 17.2 Å². The molecule has 0 aromatic heterocycles. The van der Waals surface area contributed by atoms with Crippen molar-refractivity contribution in [3.8, 4) is 0 Å². The normalized spacial score (nSPS) is 13.4. The quantitative estimate of drug-likeness (QED) is 0.816. The van der Waals surface area contributed by atoms with Crippen molar-refractivity contribution in [1.29, 1.82) is 0 Å². The Bertz CT molecular complexity index is 740. The highest BCUT2D eigenvalue weighted by atomic mass is 35.5. The first kappa shape index (κ1) is 14.0. The first-order valence-electron chi connectivity index (χ1n) is 6.94. The summed E-state index contributed by atoms with van der Waals surface area (Å²) >= 11 is 6.21. The van der Waals surface area contributed by atoms with E-state index in [1.807, 2.05) is 32.0 Å². The highest BCUT2D eigenvalue weighted by Crippen LogP contribution is 2.34. The van der Waals surface area contributed by atoms with Crippen LogP contribution in [0.5, 0.6) is 0 Å². The van der Waals surface area contributed by atoms with Gasteiger partial charge in [0.15, 0.2) is 0 Å². The fourth-order valence-corrected chi connectivity index (χ4v) is 3.04. The first-order valence-corrected chi connectivity index (χ1v) is 7.32. The van der Waals surface area contributed by atoms with E-state index in [4.69, 9.17) is 17.3 Å². The van der Waals surface area contributed by atoms with E-state index in [2.05, 4.69) is 6.07 Å². The minimum absolute atomic E-state index is 0.0676. The Morgan fingerprint density at radius 1 is 1.24 bits per heavy atom. The smallest absolute Gasteiger partial charge is 0.259 e. The maximum Gasteiger partial charge on any atom is 0.259 e. The summed E-state index contributed by atoms with van der Waals surface area (Å²) in [4.78, 5) is 14.5. The molecule has 0 radical (unpaired) electrons. The van der Waals surface area contributed by atoms with Crippen LogP contribution in [0.2, 0.25) is 5.02 Å². The zero-order valence-corrected chi connectivity index (χ0v) is 12.9. The summed E-state index contributed by atoms with van der Waals surface area (Å²) in [5.41, 5.74) is 11.4. The number of anilines is 2. The van der Waals surface area contributed by atoms with Crippen LogP contribution in [0, 0.1) is 13.8 Å². The molecule has 4 heteroatoms. The standard InChI is InChI=1S/C17H17ClN2O/c1-10-3-4-13(14(18)7-10)17(21)20-6-5-12-8-11(2)15(19)9-16(12)20/h3-4,7-9H,5-6,19H2,1-2H3. The van der Waals surface area contributed by atoms with Crippen LogP contribution in [-0.2, 0) is 6.42 Å². The monoisotopic (exact) mass is 300 g/mol. The second-order valence-electron chi connectivity index (χ2n) is 5.53. The predicted octanol–water partition coefficient (Wildman–Crippen LogP) is 3.74. The molecule has 0 atom stereocenters. The Balaban J connectivity index is 2.00. The van der Waals surface area contributed by atoms with E-state index in [0.29, 0.717) is 22.8 Å². The van der Waals surface area contributed by atoms with E-state index in [-0.39, 0.29) is 5.91 Å². The molecule has 2 aromatic rings. The number of hydrogen-bond acceptors (Lipinski definition) is 2. The van der Waals surface area contributed by atoms with E-state index < -0.39 is 0 Å². The number of fused-ring (bicyclic) bond motifs is 1. The van der Waals surface area contributed by atoms with Crippen LogP contribution in [0.15, 0.2) is 30.3 Å². The SMILES string of the molecule is Cc1ccc(C(=O)N2CCc3cc(C)c(N)cc32)c(Cl)c1. The number of hydrogen-bond donors (Lipinski definition) is 1. The third kappa shape index (κ3) is 2.38. The third-order valence-electron chi connectivity index (χ3n) is 3.96. The summed E-state index contributed by atoms with van der Waals surface area (Å²) in [5, 5.41) is 0.494. The third-order valence-corrected chi connectivity index (χ3v) is 4.28. The van der Waals surface area contributed by atoms with Crippen LogP contribution in [0.1, 0.15) is 27.0 Å². The summed E-state index contributed by atoms with van der Waals surface area (Å²) < 4.78 is 0. The largest absolute Gasteiger partial charge is 0.398 e. The molecule has 3 nitrogen and oxygen atoms in total. The van der Waals surface area contributed by atoms with Crippen molar-refractivity contribution < 1.29 is 4.79 Å². The highest BCUT2D eigenvalue weighted by molar-refractivity contribution is 6.34. The average Bonchev–Trinajstić information content (AvgIpc) is 2.81. The van der Waals surface area contributed by atoms with Crippen molar-refractivity contribution in [3.63, 3.8) is 0 Å². The molecule has 108 valence electrons. The number of carbonyl (C=O) groups is 1. The van der Waals surface area contributed by atoms with E-state index >= 15 is 0 Å². The number of benzene rings is 2. The molecule has 3 rings (SSSR count). The molecule has 2 N–H and O–H groups in total. The van der Waals surface area contributed by atoms with Crippen LogP contribution >= 0.6 is 11.6 Å². The molecular formula is C17H17ClN2O. The van der Waals surface area contributed by atoms with Crippen molar-refractivity contribution in [3.05, 3.63) is 57.6 Å². The van der Waals surface area contributed by atoms with E-state index in [1.54, 1.807) is 11.0 Å². The van der Waals surface area contributed by atoms with Crippen LogP contribution in [0.4, 0.5) is 11.4 Å². The lowest BCUT2D eigenvalue weighted by Crippen LogP contribution is -2.29. The van der Waals surface area contributed by atoms with Crippen LogP contribution < -0.4 is 10.6 Å². The molecule has 0 saturated carbocycles. The number of aryl methyl sites for hydroxylation is 2. The molecule has 1 aliphatic heterocycles. The molecule has 1 aliphatic rings. The molecule has 0 spiro atoms. The predicted molar refractivity (Wildman–Crippen MR) is 87.2 cm³/mol. The molecule has 0 aliphatic carbocycles. The first-order chi connectivity index (χ1) is 9.97. The van der Waals surface area contributed by atoms with Gasteiger partial charge in [0.1, 0.15) is 0 Å². The summed E-state index contributed by atoms with van der Waals surface area (Å²) in [6.07, 6.45) is 0.853. The lowest BCUT2D eigenvalue weighted by atomic mass is 10.1. The van der Waals surface area contributed by atoms with Gasteiger partial charge >= 0.3 is 0 Å². The average molecular weight is 301 g/mol. The van der Waals surface area contributed by atoms with E-state index in [0.717, 1.165) is 23.2 Å². The van der Waals surface area contributed by atoms with Crippen molar-refractivity contribution in [2.45, 2.75) is 20.3 Å². The molecular weight excluding hydrogens is 284 g/mol. The van der Waals surface area contributed by atoms with Crippen LogP contribution in [0.25, 0.3) is 0 Å². The summed E-state index contributed by atoms with van der Waals surface area (Å²) in [6.45, 7) is 4.60. The summed E-state index contributed by atoms with van der Waals surface area (Å²) in [6, 6.07) is 9.46. The number of amides is 1. The Hall–Kier alpha value is -2.00. The number of nitrogens with two attached hydrogens (primary N) is 1. The van der Waals surface area contributed by atoms with Gasteiger partial charge < -0.3 is 10.6 Å². The van der Waals surface area contributed by atoms with Gasteiger partial charge in [0, 0.05) is 17.9 Å². The summed E-state index contributed by atoms with van der Waals surface area (Å²) in [7, 11) is 0.